The van der Waals surface area contributed by atoms with Gasteiger partial charge in [0, 0.05) is 6.20 Å². The van der Waals surface area contributed by atoms with E-state index in [1.54, 1.807) is 0 Å². The van der Waals surface area contributed by atoms with Crippen molar-refractivity contribution in [3.63, 3.8) is 0 Å². The maximum atomic E-state index is 12.2. The molecule has 0 spiro atoms. The molecule has 11 heavy (non-hydrogen) atoms. The van der Waals surface area contributed by atoms with Crippen LogP contribution in [0.3, 0.4) is 0 Å². The van der Waals surface area contributed by atoms with Gasteiger partial charge in [0.05, 0.1) is 0 Å². The van der Waals surface area contributed by atoms with Gasteiger partial charge in [-0.25, -0.2) is 9.78 Å². The zero-order chi connectivity index (χ0) is 8.27. The standard InChI is InChI=1S/C5H4BFN2O2/c6-11-4(10)3-1-2-8-5(7)9-3/h1-2H,6H2. The first-order valence-electron chi connectivity index (χ1n) is 2.81. The number of carbonyl (C=O) groups is 1. The zero-order valence-electron chi connectivity index (χ0n) is 5.74. The fraction of sp³-hybridized carbons (Fsp3) is 0. The first-order valence-corrected chi connectivity index (χ1v) is 2.81. The molecule has 6 heteroatoms. The maximum absolute atomic E-state index is 12.2. The van der Waals surface area contributed by atoms with E-state index in [0.29, 0.717) is 0 Å². The Labute approximate surface area is 62.9 Å². The van der Waals surface area contributed by atoms with E-state index < -0.39 is 12.0 Å². The molecule has 0 aliphatic rings. The lowest BCUT2D eigenvalue weighted by Crippen LogP contribution is -2.06. The van der Waals surface area contributed by atoms with E-state index in [0.717, 1.165) is 6.20 Å². The van der Waals surface area contributed by atoms with Gasteiger partial charge in [0.2, 0.25) is 0 Å². The number of rotatable bonds is 1. The van der Waals surface area contributed by atoms with E-state index in [2.05, 4.69) is 14.6 Å². The molecule has 0 aliphatic heterocycles. The lowest BCUT2D eigenvalue weighted by atomic mass is 10.4. The molecule has 1 aromatic rings. The molecule has 1 rings (SSSR count). The first kappa shape index (κ1) is 7.65. The topological polar surface area (TPSA) is 52.1 Å². The second-order valence-electron chi connectivity index (χ2n) is 1.70. The van der Waals surface area contributed by atoms with Crippen molar-refractivity contribution in [3.05, 3.63) is 24.0 Å². The van der Waals surface area contributed by atoms with Crippen LogP contribution >= 0.6 is 0 Å². The van der Waals surface area contributed by atoms with E-state index in [1.165, 1.54) is 14.1 Å². The molecule has 0 bridgehead atoms. The second-order valence-corrected chi connectivity index (χ2v) is 1.70. The zero-order valence-corrected chi connectivity index (χ0v) is 5.74. The van der Waals surface area contributed by atoms with Crippen LogP contribution in [0.4, 0.5) is 4.39 Å². The molecule has 0 fully saturated rings. The van der Waals surface area contributed by atoms with Gasteiger partial charge in [0.25, 0.3) is 0 Å². The van der Waals surface area contributed by atoms with Crippen LogP contribution in [0.25, 0.3) is 0 Å². The average Bonchev–Trinajstić information content (AvgIpc) is 2.03. The fourth-order valence-corrected chi connectivity index (χ4v) is 0.553. The third-order valence-corrected chi connectivity index (χ3v) is 1.02. The minimum atomic E-state index is -0.937. The van der Waals surface area contributed by atoms with Crippen LogP contribution in [0, 0.1) is 6.08 Å². The summed E-state index contributed by atoms with van der Waals surface area (Å²) >= 11 is 0. The molecule has 0 radical (unpaired) electrons. The Bertz CT molecular complexity index is 281. The molecule has 1 aromatic heterocycles. The molecule has 56 valence electrons. The normalized spacial score (nSPS) is 9.18. The van der Waals surface area contributed by atoms with Gasteiger partial charge in [0.15, 0.2) is 5.69 Å². The molecule has 0 aromatic carbocycles. The van der Waals surface area contributed by atoms with Crippen molar-refractivity contribution < 1.29 is 13.8 Å². The number of aromatic nitrogens is 2. The number of carbonyl (C=O) groups excluding carboxylic acids is 1. The van der Waals surface area contributed by atoms with Crippen molar-refractivity contribution >= 4 is 14.0 Å². The van der Waals surface area contributed by atoms with Crippen LogP contribution in [0.5, 0.6) is 0 Å². The minimum absolute atomic E-state index is 0.0833. The predicted molar refractivity (Wildman–Crippen MR) is 35.9 cm³/mol. The lowest BCUT2D eigenvalue weighted by Gasteiger charge is -1.96. The molecule has 0 aliphatic carbocycles. The lowest BCUT2D eigenvalue weighted by molar-refractivity contribution is 0.0741. The molecule has 0 unspecified atom stereocenters. The van der Waals surface area contributed by atoms with Gasteiger partial charge in [-0.15, -0.1) is 0 Å². The van der Waals surface area contributed by atoms with Gasteiger partial charge in [-0.05, 0) is 6.07 Å². The van der Waals surface area contributed by atoms with Crippen molar-refractivity contribution in [2.45, 2.75) is 0 Å². The monoisotopic (exact) mass is 154 g/mol. The highest BCUT2D eigenvalue weighted by molar-refractivity contribution is 6.08. The smallest absolute Gasteiger partial charge is 0.339 e. The Hall–Kier alpha value is -1.46. The van der Waals surface area contributed by atoms with Gasteiger partial charge in [0.1, 0.15) is 0 Å². The molecule has 0 saturated carbocycles. The van der Waals surface area contributed by atoms with Crippen molar-refractivity contribution in [1.29, 1.82) is 0 Å². The highest BCUT2D eigenvalue weighted by atomic mass is 19.1. The summed E-state index contributed by atoms with van der Waals surface area (Å²) in [7, 11) is 1.20. The number of hydrogen-bond acceptors (Lipinski definition) is 4. The van der Waals surface area contributed by atoms with Crippen molar-refractivity contribution in [2.24, 2.45) is 0 Å². The van der Waals surface area contributed by atoms with E-state index >= 15 is 0 Å². The second kappa shape index (κ2) is 3.09. The summed E-state index contributed by atoms with van der Waals surface area (Å²) < 4.78 is 16.5. The highest BCUT2D eigenvalue weighted by Crippen LogP contribution is 1.95. The highest BCUT2D eigenvalue weighted by Gasteiger charge is 2.06. The Morgan fingerprint density at radius 2 is 2.45 bits per heavy atom. The van der Waals surface area contributed by atoms with E-state index in [-0.39, 0.29) is 5.69 Å². The third kappa shape index (κ3) is 1.73. The number of nitrogens with zero attached hydrogens (tertiary/aromatic N) is 2. The van der Waals surface area contributed by atoms with Crippen molar-refractivity contribution in [1.82, 2.24) is 9.97 Å². The SMILES string of the molecule is BOC(=O)c1ccnc(F)n1. The summed E-state index contributed by atoms with van der Waals surface area (Å²) in [5.41, 5.74) is -0.0833. The van der Waals surface area contributed by atoms with Crippen LogP contribution in [0.1, 0.15) is 10.5 Å². The quantitative estimate of drug-likeness (QED) is 0.397. The number of hydrogen-bond donors (Lipinski definition) is 0. The molecule has 4 nitrogen and oxygen atoms in total. The van der Waals surface area contributed by atoms with Gasteiger partial charge < -0.3 is 4.65 Å². The summed E-state index contributed by atoms with van der Waals surface area (Å²) in [4.78, 5) is 17.0. The summed E-state index contributed by atoms with van der Waals surface area (Å²) in [6.45, 7) is 0. The molecular formula is C5H4BFN2O2. The summed E-state index contributed by atoms with van der Waals surface area (Å²) in [5.74, 6) is -0.675. The van der Waals surface area contributed by atoms with E-state index in [1.807, 2.05) is 0 Å². The van der Waals surface area contributed by atoms with Gasteiger partial charge in [-0.2, -0.15) is 9.37 Å². The summed E-state index contributed by atoms with van der Waals surface area (Å²) in [6, 6.07) is 1.27. The maximum Gasteiger partial charge on any atom is 0.339 e. The van der Waals surface area contributed by atoms with Crippen molar-refractivity contribution in [3.8, 4) is 0 Å². The fourth-order valence-electron chi connectivity index (χ4n) is 0.553. The van der Waals surface area contributed by atoms with E-state index in [9.17, 15) is 9.18 Å². The van der Waals surface area contributed by atoms with Crippen molar-refractivity contribution in [2.75, 3.05) is 0 Å². The van der Waals surface area contributed by atoms with E-state index in [4.69, 9.17) is 0 Å². The predicted octanol–water partition coefficient (Wildman–Crippen LogP) is -0.679. The van der Waals surface area contributed by atoms with Gasteiger partial charge in [-0.1, -0.05) is 0 Å². The van der Waals surface area contributed by atoms with Gasteiger partial charge in [-0.3, -0.25) is 0 Å². The Kier molecular flexibility index (Phi) is 2.15. The molecule has 0 amide bonds. The molecule has 1 heterocycles. The Morgan fingerprint density at radius 1 is 1.73 bits per heavy atom. The summed E-state index contributed by atoms with van der Waals surface area (Å²) in [5, 5.41) is 0. The number of halogens is 1. The largest absolute Gasteiger partial charge is 0.539 e. The Morgan fingerprint density at radius 3 is 3.00 bits per heavy atom. The average molecular weight is 154 g/mol. The minimum Gasteiger partial charge on any atom is -0.539 e. The summed E-state index contributed by atoms with van der Waals surface area (Å²) in [6.07, 6.45) is 0.210. The van der Waals surface area contributed by atoms with Gasteiger partial charge >= 0.3 is 20.1 Å². The molecule has 0 saturated heterocycles. The molecule has 0 N–H and O–H groups in total. The first-order chi connectivity index (χ1) is 5.24. The van der Waals surface area contributed by atoms with Crippen LogP contribution in [0.15, 0.2) is 12.3 Å². The third-order valence-electron chi connectivity index (χ3n) is 1.02. The van der Waals surface area contributed by atoms with Crippen LogP contribution in [-0.2, 0) is 4.65 Å². The van der Waals surface area contributed by atoms with Crippen LogP contribution < -0.4 is 0 Å². The molecule has 0 atom stereocenters. The van der Waals surface area contributed by atoms with Crippen LogP contribution in [0.2, 0.25) is 0 Å². The van der Waals surface area contributed by atoms with Crippen LogP contribution in [-0.4, -0.2) is 24.0 Å². The molecular weight excluding hydrogens is 150 g/mol. The Balaban J connectivity index is 2.96.